The van der Waals surface area contributed by atoms with E-state index in [1.807, 2.05) is 69.3 Å². The van der Waals surface area contributed by atoms with Crippen molar-refractivity contribution in [2.24, 2.45) is 27.1 Å². The van der Waals surface area contributed by atoms with E-state index >= 15 is 0 Å². The number of carbonyl (C=O) groups excluding carboxylic acids is 1. The second kappa shape index (κ2) is 54.6. The molecule has 0 aliphatic carbocycles. The predicted molar refractivity (Wildman–Crippen MR) is 556 cm³/mol. The molecule has 0 spiro atoms. The molecule has 14 N–H and O–H groups in total. The lowest BCUT2D eigenvalue weighted by molar-refractivity contribution is -0.175. The minimum Gasteiger partial charge on any atom is -0.480 e. The number of hydrogen-bond donors (Lipinski definition) is 14. The first kappa shape index (κ1) is 129. The summed E-state index contributed by atoms with van der Waals surface area (Å²) in [5, 5.41) is 125. The number of carboxylic acids is 12. The summed E-state index contributed by atoms with van der Waals surface area (Å²) in [7, 11) is 0. The van der Waals surface area contributed by atoms with E-state index in [0.29, 0.717) is 50.2 Å². The van der Waals surface area contributed by atoms with Gasteiger partial charge in [-0.2, -0.15) is 5.10 Å². The van der Waals surface area contributed by atoms with Crippen LogP contribution in [0.15, 0.2) is 219 Å². The van der Waals surface area contributed by atoms with E-state index in [2.05, 4.69) is 20.5 Å². The minimum atomic E-state index is -2.13. The van der Waals surface area contributed by atoms with E-state index in [4.69, 9.17) is 28.8 Å². The van der Waals surface area contributed by atoms with Crippen molar-refractivity contribution in [3.8, 4) is 44.5 Å². The third-order valence-corrected chi connectivity index (χ3v) is 22.2. The second-order valence-electron chi connectivity index (χ2n) is 38.9. The summed E-state index contributed by atoms with van der Waals surface area (Å²) in [5.41, 5.74) is -0.370. The number of anilines is 1. The van der Waals surface area contributed by atoms with Crippen molar-refractivity contribution in [2.75, 3.05) is 38.4 Å². The molecule has 34 nitrogen and oxygen atoms in total. The molecular weight excluding hydrogens is 1880 g/mol. The number of pyridine rings is 1. The Labute approximate surface area is 853 Å². The van der Waals surface area contributed by atoms with E-state index < -0.39 is 160 Å². The fourth-order valence-corrected chi connectivity index (χ4v) is 13.7. The SMILES string of the molecule is C.C.C.C.C.CC(C)(C)OCC(Cc1ccc(-c2ccc(C(=O)O)cc2)cc1)(C(=O)O)C(=O)O.CC(C)(C)OCC(Cc1ccc(-c2ccccc2C(=O)O)cc1)(C(=O)O)C(=O)O.CC(C)(C)OCC(Cc1ccc(-c2ccncc2)cc1)(C(=O)O)C(=O)O.Cc1ccccc1C(=O)Nc1ccc(CC(COC(C)(C)C)(C(=O)O)C(=O)O)cc1.Cc1n[nH]c(C)c1-c1ccc(CC(COC(C)(C)C)(C(=O)O)C(=O)O)cc1. The number of aromatic nitrogens is 3. The van der Waals surface area contributed by atoms with Crippen molar-refractivity contribution in [3.63, 3.8) is 0 Å². The molecule has 0 aliphatic heterocycles. The van der Waals surface area contributed by atoms with Gasteiger partial charge in [0, 0.05) is 67.0 Å². The lowest BCUT2D eigenvalue weighted by Gasteiger charge is -2.29. The first-order valence-electron chi connectivity index (χ1n) is 44.4. The van der Waals surface area contributed by atoms with E-state index in [1.54, 1.807) is 256 Å². The molecule has 1 amide bonds. The zero-order valence-electron chi connectivity index (χ0n) is 82.0. The molecule has 0 radical (unpaired) electrons. The van der Waals surface area contributed by atoms with Gasteiger partial charge in [-0.3, -0.25) is 62.8 Å². The molecule has 8 aromatic carbocycles. The Bertz CT molecular complexity index is 5950. The smallest absolute Gasteiger partial charge is 0.336 e. The number of nitrogens with one attached hydrogen (secondary N) is 2. The van der Waals surface area contributed by atoms with E-state index in [-0.39, 0.29) is 86.3 Å². The summed E-state index contributed by atoms with van der Waals surface area (Å²) in [5.74, 6) is -16.8. The summed E-state index contributed by atoms with van der Waals surface area (Å²) in [6.45, 7) is 29.5. The first-order valence-corrected chi connectivity index (χ1v) is 44.4. The van der Waals surface area contributed by atoms with Gasteiger partial charge in [-0.05, 0) is 245 Å². The number of aromatic amines is 1. The summed E-state index contributed by atoms with van der Waals surface area (Å²) >= 11 is 0. The zero-order valence-corrected chi connectivity index (χ0v) is 82.0. The van der Waals surface area contributed by atoms with Gasteiger partial charge >= 0.3 is 71.6 Å². The Hall–Kier alpha value is -15.0. The number of carboxylic acid groups (broad SMARTS) is 12. The Morgan fingerprint density at radius 2 is 0.534 bits per heavy atom. The van der Waals surface area contributed by atoms with Crippen LogP contribution in [0.25, 0.3) is 44.5 Å². The highest BCUT2D eigenvalue weighted by atomic mass is 16.5. The summed E-state index contributed by atoms with van der Waals surface area (Å²) in [4.78, 5) is 157. The van der Waals surface area contributed by atoms with Gasteiger partial charge in [0.1, 0.15) is 0 Å². The molecule has 0 bridgehead atoms. The molecule has 0 aliphatic rings. The van der Waals surface area contributed by atoms with Crippen LogP contribution in [0.5, 0.6) is 0 Å². The predicted octanol–water partition coefficient (Wildman–Crippen LogP) is 20.5. The quantitative estimate of drug-likeness (QED) is 0.0160. The van der Waals surface area contributed by atoms with Crippen LogP contribution in [0, 0.1) is 47.8 Å². The van der Waals surface area contributed by atoms with Gasteiger partial charge in [-0.15, -0.1) is 0 Å². The molecule has 792 valence electrons. The molecular formula is C112H144N4O30. The number of aliphatic carboxylic acids is 10. The number of amides is 1. The molecule has 0 saturated heterocycles. The molecule has 0 unspecified atom stereocenters. The van der Waals surface area contributed by atoms with E-state index in [9.17, 15) is 119 Å². The van der Waals surface area contributed by atoms with Gasteiger partial charge in [-0.25, -0.2) is 9.59 Å². The fraction of sp³-hybridized carbons (Fsp3) is 0.384. The van der Waals surface area contributed by atoms with E-state index in [1.165, 1.54) is 18.2 Å². The minimum absolute atomic E-state index is 0. The molecule has 0 saturated carbocycles. The van der Waals surface area contributed by atoms with Crippen LogP contribution in [-0.2, 0) is 104 Å². The monoisotopic (exact) mass is 2020 g/mol. The molecule has 10 rings (SSSR count). The van der Waals surface area contributed by atoms with Gasteiger partial charge < -0.3 is 90.3 Å². The molecule has 0 atom stereocenters. The standard InChI is InChI=1S/C23H27NO6.2C22H24O7.C20H26N2O5.C20H23NO5.5CH4/c1-15-7-5-6-8-18(15)19(25)24-17-11-9-16(10-12-17)13-23(20(26)27,21(28)29)14-30-22(2,3)4;1-21(2,3)29-13-22(19(25)26,20(27)28)12-14-4-6-15(7-5-14)16-8-10-17(11-9-16)18(23)24;1-21(2,3)29-13-22(19(25)26,20(27)28)12-14-8-10-15(11-9-14)16-6-4-5-7-17(16)18(23)24;1-12-16(13(2)22-21-12)15-8-6-14(7-9-15)10-20(17(23)24,18(25)26)11-27-19(3,4)5;1-19(2,3)26-13-20(17(22)23,18(24)25)12-14-4-6-15(7-5-14)16-8-10-21-11-9-16;;;;;/h5-12H,13-14H2,1-4H3,(H,24,25)(H,26,27)(H,28,29);2*4-11H,12-13H2,1-3H3,(H,23,24)(H,25,26)(H,27,28);6-9H,10-11H2,1-5H3,(H,21,22)(H,23,24)(H,25,26);4-11H,12-13H2,1-3H3,(H,22,23)(H,24,25);5*1H4. The summed E-state index contributed by atoms with van der Waals surface area (Å²) < 4.78 is 27.6. The highest BCUT2D eigenvalue weighted by Gasteiger charge is 2.53. The third-order valence-electron chi connectivity index (χ3n) is 22.2. The van der Waals surface area contributed by atoms with Crippen molar-refractivity contribution in [1.29, 1.82) is 0 Å². The third kappa shape index (κ3) is 36.7. The number of carbonyl (C=O) groups is 13. The molecule has 10 aromatic rings. The number of hydrogen-bond acceptors (Lipinski definition) is 20. The second-order valence-corrected chi connectivity index (χ2v) is 38.9. The largest absolute Gasteiger partial charge is 0.480 e. The Balaban J connectivity index is 0.000000905. The first-order chi connectivity index (χ1) is 65.4. The average Bonchev–Trinajstić information content (AvgIpc) is 1.21. The van der Waals surface area contributed by atoms with Crippen LogP contribution in [0.4, 0.5) is 5.69 Å². The van der Waals surface area contributed by atoms with Crippen LogP contribution in [0.3, 0.4) is 0 Å². The molecule has 34 heteroatoms. The fourth-order valence-electron chi connectivity index (χ4n) is 13.7. The highest BCUT2D eigenvalue weighted by Crippen LogP contribution is 2.37. The molecule has 0 fully saturated rings. The van der Waals surface area contributed by atoms with Crippen LogP contribution < -0.4 is 5.32 Å². The average molecular weight is 2030 g/mol. The van der Waals surface area contributed by atoms with Crippen molar-refractivity contribution >= 4 is 83.2 Å². The van der Waals surface area contributed by atoms with Crippen LogP contribution in [0.2, 0.25) is 0 Å². The van der Waals surface area contributed by atoms with Crippen molar-refractivity contribution in [3.05, 3.63) is 280 Å². The van der Waals surface area contributed by atoms with Gasteiger partial charge in [-0.1, -0.05) is 195 Å². The normalized spacial score (nSPS) is 11.5. The van der Waals surface area contributed by atoms with Crippen LogP contribution >= 0.6 is 0 Å². The maximum Gasteiger partial charge on any atom is 0.336 e. The van der Waals surface area contributed by atoms with E-state index in [0.717, 1.165) is 50.3 Å². The Morgan fingerprint density at radius 1 is 0.288 bits per heavy atom. The summed E-state index contributed by atoms with van der Waals surface area (Å²) in [6, 6.07) is 57.9. The number of aryl methyl sites for hydroxylation is 3. The van der Waals surface area contributed by atoms with Gasteiger partial charge in [0.2, 0.25) is 0 Å². The molecule has 2 heterocycles. The Morgan fingerprint density at radius 3 is 0.788 bits per heavy atom. The highest BCUT2D eigenvalue weighted by molar-refractivity contribution is 6.06. The Kier molecular flexibility index (Phi) is 48.3. The number of benzene rings is 8. The maximum absolute atomic E-state index is 12.4. The molecule has 146 heavy (non-hydrogen) atoms. The summed E-state index contributed by atoms with van der Waals surface area (Å²) in [6.07, 6.45) is 2.29. The topological polar surface area (TPSA) is 564 Å². The van der Waals surface area contributed by atoms with Crippen LogP contribution in [0.1, 0.15) is 217 Å². The maximum atomic E-state index is 12.4. The van der Waals surface area contributed by atoms with Crippen molar-refractivity contribution in [1.82, 2.24) is 15.2 Å². The van der Waals surface area contributed by atoms with Crippen LogP contribution in [-0.4, -0.2) is 215 Å². The zero-order chi connectivity index (χ0) is 106. The number of aromatic carboxylic acids is 2. The number of nitrogens with zero attached hydrogens (tertiary/aromatic N) is 2. The number of H-pyrrole nitrogens is 1. The number of rotatable bonds is 38. The van der Waals surface area contributed by atoms with Crippen molar-refractivity contribution in [2.45, 2.75) is 222 Å². The van der Waals surface area contributed by atoms with Gasteiger partial charge in [0.05, 0.1) is 77.9 Å². The number of ether oxygens (including phenoxy) is 5. The van der Waals surface area contributed by atoms with Crippen molar-refractivity contribution < 1.29 is 147 Å². The lowest BCUT2D eigenvalue weighted by atomic mass is 9.81. The lowest BCUT2D eigenvalue weighted by Crippen LogP contribution is -2.47. The van der Waals surface area contributed by atoms with Gasteiger partial charge in [0.15, 0.2) is 27.1 Å². The van der Waals surface area contributed by atoms with Gasteiger partial charge in [0.25, 0.3) is 5.91 Å². The molecule has 2 aromatic heterocycles.